The minimum Gasteiger partial charge on any atom is -0.494 e. The van der Waals surface area contributed by atoms with Crippen LogP contribution in [0, 0.1) is 6.92 Å². The Labute approximate surface area is 183 Å². The zero-order valence-corrected chi connectivity index (χ0v) is 18.3. The van der Waals surface area contributed by atoms with Crippen LogP contribution in [0.5, 0.6) is 5.75 Å². The number of fused-ring (bicyclic) bond motifs is 1. The van der Waals surface area contributed by atoms with Crippen LogP contribution in [0.1, 0.15) is 42.1 Å². The van der Waals surface area contributed by atoms with Crippen molar-refractivity contribution in [2.75, 3.05) is 6.61 Å². The van der Waals surface area contributed by atoms with Gasteiger partial charge in [0.05, 0.1) is 11.1 Å². The van der Waals surface area contributed by atoms with E-state index < -0.39 is 5.56 Å². The molecule has 2 aromatic carbocycles. The van der Waals surface area contributed by atoms with Gasteiger partial charge in [-0.2, -0.15) is 14.6 Å². The summed E-state index contributed by atoms with van der Waals surface area (Å²) in [5.74, 6) is 0.804. The molecule has 0 atom stereocenters. The smallest absolute Gasteiger partial charge is 0.296 e. The van der Waals surface area contributed by atoms with E-state index in [0.29, 0.717) is 22.5 Å². The topological polar surface area (TPSA) is 73.6 Å². The number of thiazole rings is 1. The average molecular weight is 434 g/mol. The number of hydrogen-bond acceptors (Lipinski definition) is 6. The van der Waals surface area contributed by atoms with Gasteiger partial charge in [-0.15, -0.1) is 0 Å². The third kappa shape index (κ3) is 4.88. The van der Waals surface area contributed by atoms with Crippen molar-refractivity contribution in [2.45, 2.75) is 33.1 Å². The second-order valence-corrected chi connectivity index (χ2v) is 8.42. The second-order valence-electron chi connectivity index (χ2n) is 7.41. The molecule has 2 heterocycles. The highest BCUT2D eigenvalue weighted by Crippen LogP contribution is 2.13. The zero-order valence-electron chi connectivity index (χ0n) is 17.5. The van der Waals surface area contributed by atoms with Crippen molar-refractivity contribution in [3.05, 3.63) is 96.2 Å². The molecule has 0 saturated carbocycles. The molecule has 0 aliphatic carbocycles. The summed E-state index contributed by atoms with van der Waals surface area (Å²) in [4.78, 5) is 29.7. The second kappa shape index (κ2) is 9.22. The molecule has 158 valence electrons. The van der Waals surface area contributed by atoms with E-state index in [0.717, 1.165) is 46.6 Å². The molecule has 0 aliphatic rings. The Bertz CT molecular complexity index is 1360. The van der Waals surface area contributed by atoms with Crippen LogP contribution in [0.25, 0.3) is 11.0 Å². The predicted molar refractivity (Wildman–Crippen MR) is 123 cm³/mol. The maximum Gasteiger partial charge on any atom is 0.296 e. The SMILES string of the molecule is CCCCOc1ccc(C=c2sc3nc(=O)c(Cc4ccc(C)cc4)nn3c2=O)cc1. The summed E-state index contributed by atoms with van der Waals surface area (Å²) in [5.41, 5.74) is 2.55. The van der Waals surface area contributed by atoms with Crippen molar-refractivity contribution < 1.29 is 4.74 Å². The lowest BCUT2D eigenvalue weighted by molar-refractivity contribution is 0.309. The summed E-state index contributed by atoms with van der Waals surface area (Å²) in [7, 11) is 0. The van der Waals surface area contributed by atoms with Gasteiger partial charge in [-0.1, -0.05) is 66.6 Å². The van der Waals surface area contributed by atoms with Crippen LogP contribution in [0.3, 0.4) is 0 Å². The highest BCUT2D eigenvalue weighted by molar-refractivity contribution is 7.15. The van der Waals surface area contributed by atoms with Gasteiger partial charge in [0.2, 0.25) is 4.96 Å². The van der Waals surface area contributed by atoms with Crippen LogP contribution in [0.15, 0.2) is 58.1 Å². The molecule has 7 heteroatoms. The molecule has 0 amide bonds. The van der Waals surface area contributed by atoms with E-state index in [1.807, 2.05) is 55.5 Å². The Kier molecular flexibility index (Phi) is 6.23. The molecule has 0 saturated heterocycles. The van der Waals surface area contributed by atoms with Crippen molar-refractivity contribution in [3.8, 4) is 5.75 Å². The largest absolute Gasteiger partial charge is 0.494 e. The average Bonchev–Trinajstić information content (AvgIpc) is 3.06. The minimum atomic E-state index is -0.401. The normalized spacial score (nSPS) is 11.9. The fourth-order valence-corrected chi connectivity index (χ4v) is 4.00. The maximum absolute atomic E-state index is 12.8. The van der Waals surface area contributed by atoms with Crippen LogP contribution in [-0.2, 0) is 6.42 Å². The molecule has 0 bridgehead atoms. The number of aryl methyl sites for hydroxylation is 1. The molecule has 4 rings (SSSR count). The van der Waals surface area contributed by atoms with Gasteiger partial charge in [-0.3, -0.25) is 9.59 Å². The Hall–Kier alpha value is -3.32. The number of nitrogens with zero attached hydrogens (tertiary/aromatic N) is 3. The fraction of sp³-hybridized carbons (Fsp3) is 0.250. The standard InChI is InChI=1S/C24H23N3O3S/c1-3-4-13-30-19-11-9-18(10-12-19)15-21-23(29)27-24(31-21)25-22(28)20(26-27)14-17-7-5-16(2)6-8-17/h5-12,15H,3-4,13-14H2,1-2H3. The lowest BCUT2D eigenvalue weighted by atomic mass is 10.1. The summed E-state index contributed by atoms with van der Waals surface area (Å²) in [5, 5.41) is 4.31. The van der Waals surface area contributed by atoms with Gasteiger partial charge in [0.15, 0.2) is 0 Å². The summed E-state index contributed by atoms with van der Waals surface area (Å²) in [6.45, 7) is 4.82. The number of benzene rings is 2. The van der Waals surface area contributed by atoms with E-state index in [9.17, 15) is 9.59 Å². The van der Waals surface area contributed by atoms with Crippen molar-refractivity contribution in [1.82, 2.24) is 14.6 Å². The molecule has 4 aromatic rings. The molecule has 0 N–H and O–H groups in total. The van der Waals surface area contributed by atoms with E-state index >= 15 is 0 Å². The van der Waals surface area contributed by atoms with Gasteiger partial charge in [0.1, 0.15) is 11.4 Å². The van der Waals surface area contributed by atoms with E-state index in [-0.39, 0.29) is 11.3 Å². The molecule has 0 spiro atoms. The molecule has 6 nitrogen and oxygen atoms in total. The third-order valence-electron chi connectivity index (χ3n) is 4.89. The van der Waals surface area contributed by atoms with Crippen molar-refractivity contribution in [2.24, 2.45) is 0 Å². The zero-order chi connectivity index (χ0) is 21.8. The van der Waals surface area contributed by atoms with Crippen molar-refractivity contribution in [1.29, 1.82) is 0 Å². The first-order chi connectivity index (χ1) is 15.0. The Morgan fingerprint density at radius 1 is 1.06 bits per heavy atom. The third-order valence-corrected chi connectivity index (χ3v) is 5.85. The van der Waals surface area contributed by atoms with E-state index in [4.69, 9.17) is 4.74 Å². The first kappa shape index (κ1) is 20.9. The molecule has 0 unspecified atom stereocenters. The fourth-order valence-electron chi connectivity index (χ4n) is 3.10. The van der Waals surface area contributed by atoms with Crippen molar-refractivity contribution in [3.63, 3.8) is 0 Å². The van der Waals surface area contributed by atoms with Crippen LogP contribution < -0.4 is 20.4 Å². The molecule has 0 fully saturated rings. The number of ether oxygens (including phenoxy) is 1. The quantitative estimate of drug-likeness (QED) is 0.419. The number of rotatable bonds is 7. The van der Waals surface area contributed by atoms with Gasteiger partial charge in [-0.05, 0) is 42.7 Å². The Morgan fingerprint density at radius 2 is 1.81 bits per heavy atom. The van der Waals surface area contributed by atoms with E-state index in [1.165, 1.54) is 4.52 Å². The molecule has 31 heavy (non-hydrogen) atoms. The summed E-state index contributed by atoms with van der Waals surface area (Å²) < 4.78 is 7.38. The number of unbranched alkanes of at least 4 members (excludes halogenated alkanes) is 1. The van der Waals surface area contributed by atoms with Gasteiger partial charge in [-0.25, -0.2) is 0 Å². The van der Waals surface area contributed by atoms with Crippen LogP contribution >= 0.6 is 11.3 Å². The van der Waals surface area contributed by atoms with Gasteiger partial charge in [0, 0.05) is 6.42 Å². The highest BCUT2D eigenvalue weighted by Gasteiger charge is 2.11. The summed E-state index contributed by atoms with van der Waals surface area (Å²) in [6.07, 6.45) is 4.22. The molecular formula is C24H23N3O3S. The number of hydrogen-bond donors (Lipinski definition) is 0. The summed E-state index contributed by atoms with van der Waals surface area (Å²) >= 11 is 1.16. The first-order valence-electron chi connectivity index (χ1n) is 10.3. The molecule has 2 aromatic heterocycles. The Morgan fingerprint density at radius 3 is 2.52 bits per heavy atom. The van der Waals surface area contributed by atoms with Crippen LogP contribution in [0.4, 0.5) is 0 Å². The molecule has 0 aliphatic heterocycles. The lowest BCUT2D eigenvalue weighted by Gasteiger charge is -2.04. The molecule has 0 radical (unpaired) electrons. The van der Waals surface area contributed by atoms with Crippen LogP contribution in [0.2, 0.25) is 0 Å². The van der Waals surface area contributed by atoms with E-state index in [1.54, 1.807) is 6.08 Å². The molecular weight excluding hydrogens is 410 g/mol. The highest BCUT2D eigenvalue weighted by atomic mass is 32.1. The van der Waals surface area contributed by atoms with Gasteiger partial charge >= 0.3 is 0 Å². The van der Waals surface area contributed by atoms with Gasteiger partial charge < -0.3 is 4.74 Å². The van der Waals surface area contributed by atoms with Crippen molar-refractivity contribution >= 4 is 22.4 Å². The van der Waals surface area contributed by atoms with Crippen LogP contribution in [-0.4, -0.2) is 21.2 Å². The first-order valence-corrected chi connectivity index (χ1v) is 11.1. The van der Waals surface area contributed by atoms with Gasteiger partial charge in [0.25, 0.3) is 11.1 Å². The summed E-state index contributed by atoms with van der Waals surface area (Å²) in [6, 6.07) is 15.4. The lowest BCUT2D eigenvalue weighted by Crippen LogP contribution is -2.28. The predicted octanol–water partition coefficient (Wildman–Crippen LogP) is 3.14. The van der Waals surface area contributed by atoms with E-state index in [2.05, 4.69) is 17.0 Å². The monoisotopic (exact) mass is 433 g/mol. The minimum absolute atomic E-state index is 0.261. The number of aromatic nitrogens is 3. The Balaban J connectivity index is 1.63. The maximum atomic E-state index is 12.8.